The first-order valence-electron chi connectivity index (χ1n) is 7.24. The van der Waals surface area contributed by atoms with E-state index >= 15 is 0 Å². The summed E-state index contributed by atoms with van der Waals surface area (Å²) in [6, 6.07) is 7.45. The molecule has 0 aliphatic heterocycles. The van der Waals surface area contributed by atoms with Crippen molar-refractivity contribution in [3.63, 3.8) is 0 Å². The average molecular weight is 278 g/mol. The van der Waals surface area contributed by atoms with E-state index in [4.69, 9.17) is 4.74 Å². The Morgan fingerprint density at radius 1 is 1.15 bits per heavy atom. The molecule has 20 heavy (non-hydrogen) atoms. The molecule has 1 rings (SSSR count). The molecule has 0 unspecified atom stereocenters. The highest BCUT2D eigenvalue weighted by molar-refractivity contribution is 5.90. The summed E-state index contributed by atoms with van der Waals surface area (Å²) in [5.41, 5.74) is 0.801. The second-order valence-corrected chi connectivity index (χ2v) is 5.59. The van der Waals surface area contributed by atoms with Crippen LogP contribution in [0.5, 0.6) is 5.75 Å². The van der Waals surface area contributed by atoms with Gasteiger partial charge in [0.25, 0.3) is 0 Å². The number of amides is 1. The predicted molar refractivity (Wildman–Crippen MR) is 83.2 cm³/mol. The Morgan fingerprint density at radius 2 is 1.80 bits per heavy atom. The lowest BCUT2D eigenvalue weighted by molar-refractivity contribution is -0.116. The van der Waals surface area contributed by atoms with Gasteiger partial charge in [-0.05, 0) is 50.6 Å². The molecule has 0 aliphatic rings. The fourth-order valence-electron chi connectivity index (χ4n) is 1.71. The van der Waals surface area contributed by atoms with Crippen molar-refractivity contribution in [1.29, 1.82) is 0 Å². The van der Waals surface area contributed by atoms with Crippen molar-refractivity contribution in [2.75, 3.05) is 18.4 Å². The molecule has 0 saturated carbocycles. The van der Waals surface area contributed by atoms with E-state index in [0.29, 0.717) is 18.9 Å². The molecule has 1 aromatic carbocycles. The van der Waals surface area contributed by atoms with Crippen LogP contribution in [0.3, 0.4) is 0 Å². The number of carbonyl (C=O) groups is 1. The smallest absolute Gasteiger partial charge is 0.225 e. The Labute approximate surface area is 121 Å². The van der Waals surface area contributed by atoms with Gasteiger partial charge in [0.1, 0.15) is 5.75 Å². The van der Waals surface area contributed by atoms with Crippen molar-refractivity contribution in [2.45, 2.75) is 40.2 Å². The molecule has 4 heteroatoms. The summed E-state index contributed by atoms with van der Waals surface area (Å²) in [5.74, 6) is 1.45. The van der Waals surface area contributed by atoms with Gasteiger partial charge < -0.3 is 15.4 Å². The first-order chi connectivity index (χ1) is 9.47. The lowest BCUT2D eigenvalue weighted by atomic mass is 10.2. The first kappa shape index (κ1) is 16.5. The van der Waals surface area contributed by atoms with Crippen LogP contribution in [-0.2, 0) is 4.79 Å². The van der Waals surface area contributed by atoms with Gasteiger partial charge in [0.15, 0.2) is 0 Å². The van der Waals surface area contributed by atoms with Crippen LogP contribution < -0.4 is 15.4 Å². The molecule has 2 N–H and O–H groups in total. The molecular weight excluding hydrogens is 252 g/mol. The summed E-state index contributed by atoms with van der Waals surface area (Å²) in [7, 11) is 0. The van der Waals surface area contributed by atoms with Gasteiger partial charge in [0.05, 0.1) is 6.10 Å². The van der Waals surface area contributed by atoms with Crippen molar-refractivity contribution in [3.05, 3.63) is 24.3 Å². The number of ether oxygens (including phenoxy) is 1. The fraction of sp³-hybridized carbons (Fsp3) is 0.562. The number of carbonyl (C=O) groups excluding carboxylic acids is 1. The third-order valence-corrected chi connectivity index (χ3v) is 2.59. The van der Waals surface area contributed by atoms with Gasteiger partial charge in [0, 0.05) is 18.7 Å². The quantitative estimate of drug-likeness (QED) is 0.719. The Morgan fingerprint density at radius 3 is 2.35 bits per heavy atom. The van der Waals surface area contributed by atoms with Crippen LogP contribution in [0.25, 0.3) is 0 Å². The maximum atomic E-state index is 11.7. The summed E-state index contributed by atoms with van der Waals surface area (Å²) in [6.45, 7) is 9.91. The van der Waals surface area contributed by atoms with E-state index in [-0.39, 0.29) is 12.0 Å². The second-order valence-electron chi connectivity index (χ2n) is 5.59. The molecular formula is C16H26N2O2. The zero-order valence-electron chi connectivity index (χ0n) is 12.9. The number of hydrogen-bond donors (Lipinski definition) is 2. The molecule has 1 amide bonds. The number of nitrogens with one attached hydrogen (secondary N) is 2. The van der Waals surface area contributed by atoms with E-state index in [1.54, 1.807) is 0 Å². The van der Waals surface area contributed by atoms with Crippen LogP contribution in [0.2, 0.25) is 0 Å². The summed E-state index contributed by atoms with van der Waals surface area (Å²) >= 11 is 0. The molecule has 0 fully saturated rings. The molecule has 0 spiro atoms. The first-order valence-corrected chi connectivity index (χ1v) is 7.24. The molecule has 0 aliphatic carbocycles. The van der Waals surface area contributed by atoms with Gasteiger partial charge in [-0.3, -0.25) is 4.79 Å². The summed E-state index contributed by atoms with van der Waals surface area (Å²) in [5, 5.41) is 6.13. The Bertz CT molecular complexity index is 399. The Kier molecular flexibility index (Phi) is 7.09. The van der Waals surface area contributed by atoms with Gasteiger partial charge >= 0.3 is 0 Å². The molecule has 0 aromatic heterocycles. The van der Waals surface area contributed by atoms with E-state index in [1.165, 1.54) is 0 Å². The molecule has 0 bridgehead atoms. The monoisotopic (exact) mass is 278 g/mol. The van der Waals surface area contributed by atoms with E-state index < -0.39 is 0 Å². The fourth-order valence-corrected chi connectivity index (χ4v) is 1.71. The van der Waals surface area contributed by atoms with E-state index in [9.17, 15) is 4.79 Å². The number of rotatable bonds is 8. The minimum atomic E-state index is 0.0267. The molecule has 0 heterocycles. The Hall–Kier alpha value is -1.55. The van der Waals surface area contributed by atoms with Gasteiger partial charge in [0.2, 0.25) is 5.91 Å². The topological polar surface area (TPSA) is 50.4 Å². The summed E-state index contributed by atoms with van der Waals surface area (Å²) < 4.78 is 5.55. The van der Waals surface area contributed by atoms with Crippen LogP contribution in [0.4, 0.5) is 5.69 Å². The van der Waals surface area contributed by atoms with Crippen molar-refractivity contribution in [2.24, 2.45) is 5.92 Å². The van der Waals surface area contributed by atoms with Crippen molar-refractivity contribution < 1.29 is 9.53 Å². The lowest BCUT2D eigenvalue weighted by Gasteiger charge is -2.11. The summed E-state index contributed by atoms with van der Waals surface area (Å²) in [6.07, 6.45) is 0.638. The number of anilines is 1. The van der Waals surface area contributed by atoms with Crippen molar-refractivity contribution >= 4 is 11.6 Å². The highest BCUT2D eigenvalue weighted by atomic mass is 16.5. The SMILES string of the molecule is CC(C)CNCCC(=O)Nc1ccc(OC(C)C)cc1. The third-order valence-electron chi connectivity index (χ3n) is 2.59. The average Bonchev–Trinajstić information content (AvgIpc) is 2.36. The highest BCUT2D eigenvalue weighted by Crippen LogP contribution is 2.16. The molecule has 0 saturated heterocycles. The van der Waals surface area contributed by atoms with Crippen LogP contribution in [-0.4, -0.2) is 25.1 Å². The zero-order valence-corrected chi connectivity index (χ0v) is 12.9. The van der Waals surface area contributed by atoms with Crippen molar-refractivity contribution in [3.8, 4) is 5.75 Å². The molecule has 1 aromatic rings. The number of hydrogen-bond acceptors (Lipinski definition) is 3. The molecule has 112 valence electrons. The minimum absolute atomic E-state index is 0.0267. The van der Waals surface area contributed by atoms with Crippen LogP contribution in [0, 0.1) is 5.92 Å². The highest BCUT2D eigenvalue weighted by Gasteiger charge is 2.03. The molecule has 0 atom stereocenters. The second kappa shape index (κ2) is 8.59. The standard InChI is InChI=1S/C16H26N2O2/c1-12(2)11-17-10-9-16(19)18-14-5-7-15(8-6-14)20-13(3)4/h5-8,12-13,17H,9-11H2,1-4H3,(H,18,19). The largest absolute Gasteiger partial charge is 0.491 e. The minimum Gasteiger partial charge on any atom is -0.491 e. The van der Waals surface area contributed by atoms with Crippen LogP contribution in [0.15, 0.2) is 24.3 Å². The van der Waals surface area contributed by atoms with Gasteiger partial charge in [-0.2, -0.15) is 0 Å². The molecule has 0 radical (unpaired) electrons. The Balaban J connectivity index is 2.31. The number of benzene rings is 1. The van der Waals surface area contributed by atoms with Crippen molar-refractivity contribution in [1.82, 2.24) is 5.32 Å². The van der Waals surface area contributed by atoms with Gasteiger partial charge in [-0.1, -0.05) is 13.8 Å². The normalized spacial score (nSPS) is 10.9. The van der Waals surface area contributed by atoms with E-state index in [1.807, 2.05) is 38.1 Å². The van der Waals surface area contributed by atoms with Crippen LogP contribution in [0.1, 0.15) is 34.1 Å². The van der Waals surface area contributed by atoms with E-state index in [2.05, 4.69) is 24.5 Å². The predicted octanol–water partition coefficient (Wildman–Crippen LogP) is 3.05. The lowest BCUT2D eigenvalue weighted by Crippen LogP contribution is -2.24. The van der Waals surface area contributed by atoms with Crippen LogP contribution >= 0.6 is 0 Å². The summed E-state index contributed by atoms with van der Waals surface area (Å²) in [4.78, 5) is 11.7. The third kappa shape index (κ3) is 7.14. The molecule has 4 nitrogen and oxygen atoms in total. The zero-order chi connectivity index (χ0) is 15.0. The van der Waals surface area contributed by atoms with Gasteiger partial charge in [-0.25, -0.2) is 0 Å². The van der Waals surface area contributed by atoms with E-state index in [0.717, 1.165) is 18.0 Å². The maximum absolute atomic E-state index is 11.7. The maximum Gasteiger partial charge on any atom is 0.225 e. The van der Waals surface area contributed by atoms with Gasteiger partial charge in [-0.15, -0.1) is 0 Å².